The maximum Gasteiger partial charge on any atom is 0.303 e. The Bertz CT molecular complexity index is 648. The minimum absolute atomic E-state index is 0.274. The minimum Gasteiger partial charge on any atom is -0.204 e. The second-order valence-electron chi connectivity index (χ2n) is 4.88. The molecular formula is C11H17N5O2S2. The Morgan fingerprint density at radius 1 is 1.45 bits per heavy atom. The van der Waals surface area contributed by atoms with Crippen LogP contribution < -0.4 is 4.72 Å². The summed E-state index contributed by atoms with van der Waals surface area (Å²) in [6, 6.07) is 3.55. The van der Waals surface area contributed by atoms with Crippen LogP contribution in [0.5, 0.6) is 0 Å². The molecular weight excluding hydrogens is 298 g/mol. The van der Waals surface area contributed by atoms with E-state index in [2.05, 4.69) is 34.0 Å². The summed E-state index contributed by atoms with van der Waals surface area (Å²) in [5.74, 6) is 0.361. The van der Waals surface area contributed by atoms with Crippen molar-refractivity contribution in [3.63, 3.8) is 0 Å². The molecule has 0 aliphatic heterocycles. The normalized spacial score (nSPS) is 13.8. The van der Waals surface area contributed by atoms with E-state index in [1.54, 1.807) is 0 Å². The van der Waals surface area contributed by atoms with Crippen LogP contribution in [0.1, 0.15) is 31.2 Å². The molecule has 0 saturated heterocycles. The van der Waals surface area contributed by atoms with E-state index in [0.29, 0.717) is 12.3 Å². The van der Waals surface area contributed by atoms with Crippen molar-refractivity contribution in [2.75, 3.05) is 0 Å². The van der Waals surface area contributed by atoms with Crippen molar-refractivity contribution in [3.8, 4) is 0 Å². The maximum atomic E-state index is 12.2. The second-order valence-corrected chi connectivity index (χ2v) is 7.47. The monoisotopic (exact) mass is 315 g/mol. The Morgan fingerprint density at radius 2 is 2.20 bits per heavy atom. The van der Waals surface area contributed by atoms with E-state index in [9.17, 15) is 8.42 Å². The van der Waals surface area contributed by atoms with Crippen molar-refractivity contribution < 1.29 is 8.42 Å². The molecule has 1 N–H and O–H groups in total. The van der Waals surface area contributed by atoms with Crippen molar-refractivity contribution >= 4 is 21.4 Å². The van der Waals surface area contributed by atoms with Crippen LogP contribution in [0.3, 0.4) is 0 Å². The molecule has 2 aromatic rings. The quantitative estimate of drug-likeness (QED) is 0.868. The Hall–Kier alpha value is -1.32. The minimum atomic E-state index is -3.76. The van der Waals surface area contributed by atoms with E-state index >= 15 is 0 Å². The number of hydrogen-bond donors (Lipinski definition) is 1. The summed E-state index contributed by atoms with van der Waals surface area (Å²) >= 11 is 1.53. The van der Waals surface area contributed by atoms with Crippen LogP contribution in [0.15, 0.2) is 22.7 Å². The molecule has 7 nitrogen and oxygen atoms in total. The smallest absolute Gasteiger partial charge is 0.204 e. The molecule has 0 bridgehead atoms. The van der Waals surface area contributed by atoms with Crippen molar-refractivity contribution in [2.45, 2.75) is 31.5 Å². The van der Waals surface area contributed by atoms with Crippen molar-refractivity contribution in [1.82, 2.24) is 24.9 Å². The van der Waals surface area contributed by atoms with Crippen LogP contribution in [0.2, 0.25) is 0 Å². The predicted molar refractivity (Wildman–Crippen MR) is 75.6 cm³/mol. The fraction of sp³-hybridized carbons (Fsp3) is 0.545. The molecule has 1 atom stereocenters. The van der Waals surface area contributed by atoms with Crippen LogP contribution in [0.4, 0.5) is 0 Å². The molecule has 0 amide bonds. The number of aromatic nitrogens is 4. The van der Waals surface area contributed by atoms with Gasteiger partial charge in [-0.15, -0.1) is 16.4 Å². The van der Waals surface area contributed by atoms with Crippen LogP contribution in [-0.2, 0) is 17.1 Å². The Kier molecular flexibility index (Phi) is 4.51. The molecule has 0 aliphatic rings. The zero-order valence-corrected chi connectivity index (χ0v) is 13.1. The van der Waals surface area contributed by atoms with Crippen molar-refractivity contribution in [3.05, 3.63) is 22.4 Å². The molecule has 0 saturated carbocycles. The first-order valence-corrected chi connectivity index (χ1v) is 8.54. The van der Waals surface area contributed by atoms with Gasteiger partial charge >= 0.3 is 5.16 Å². The SMILES string of the molecule is CC(C)CC(NS(=O)(=O)c1nnn(C)n1)c1cccs1. The van der Waals surface area contributed by atoms with E-state index in [-0.39, 0.29) is 11.2 Å². The first-order chi connectivity index (χ1) is 9.38. The fourth-order valence-corrected chi connectivity index (χ4v) is 3.74. The number of rotatable bonds is 6. The molecule has 0 fully saturated rings. The van der Waals surface area contributed by atoms with E-state index in [4.69, 9.17) is 0 Å². The molecule has 2 rings (SSSR count). The maximum absolute atomic E-state index is 12.2. The molecule has 2 heterocycles. The lowest BCUT2D eigenvalue weighted by Gasteiger charge is -2.18. The fourth-order valence-electron chi connectivity index (χ4n) is 1.80. The molecule has 9 heteroatoms. The summed E-state index contributed by atoms with van der Waals surface area (Å²) < 4.78 is 27.2. The van der Waals surface area contributed by atoms with Gasteiger partial charge in [0.05, 0.1) is 13.1 Å². The Balaban J connectivity index is 2.23. The first kappa shape index (κ1) is 15.1. The topological polar surface area (TPSA) is 89.8 Å². The van der Waals surface area contributed by atoms with E-state index in [1.165, 1.54) is 18.4 Å². The summed E-state index contributed by atoms with van der Waals surface area (Å²) in [5, 5.41) is 12.5. The highest BCUT2D eigenvalue weighted by atomic mass is 32.2. The van der Waals surface area contributed by atoms with Gasteiger partial charge in [-0.05, 0) is 29.0 Å². The first-order valence-electron chi connectivity index (χ1n) is 6.18. The number of tetrazole rings is 1. The third-order valence-electron chi connectivity index (χ3n) is 2.62. The standard InChI is InChI=1S/C11H17N5O2S2/c1-8(2)7-9(10-5-4-6-19-10)14-20(17,18)11-12-15-16(3)13-11/h4-6,8-9,14H,7H2,1-3H3. The van der Waals surface area contributed by atoms with E-state index in [0.717, 1.165) is 9.67 Å². The van der Waals surface area contributed by atoms with Gasteiger partial charge in [0.1, 0.15) is 0 Å². The summed E-state index contributed by atoms with van der Waals surface area (Å²) in [6.07, 6.45) is 0.708. The lowest BCUT2D eigenvalue weighted by atomic mass is 10.0. The third-order valence-corrected chi connectivity index (χ3v) is 4.85. The van der Waals surface area contributed by atoms with Gasteiger partial charge in [-0.1, -0.05) is 25.0 Å². The molecule has 0 aromatic carbocycles. The second kappa shape index (κ2) is 5.98. The summed E-state index contributed by atoms with van der Waals surface area (Å²) in [5.41, 5.74) is 0. The summed E-state index contributed by atoms with van der Waals surface area (Å²) in [6.45, 7) is 4.10. The van der Waals surface area contributed by atoms with Crippen LogP contribution in [0, 0.1) is 5.92 Å². The molecule has 0 spiro atoms. The number of aryl methyl sites for hydroxylation is 1. The molecule has 2 aromatic heterocycles. The molecule has 20 heavy (non-hydrogen) atoms. The van der Waals surface area contributed by atoms with Crippen LogP contribution in [-0.4, -0.2) is 28.6 Å². The number of nitrogens with one attached hydrogen (secondary N) is 1. The zero-order valence-electron chi connectivity index (χ0n) is 11.5. The average Bonchev–Trinajstić information content (AvgIpc) is 2.97. The number of sulfonamides is 1. The van der Waals surface area contributed by atoms with Gasteiger partial charge in [0.15, 0.2) is 0 Å². The zero-order chi connectivity index (χ0) is 14.8. The van der Waals surface area contributed by atoms with Gasteiger partial charge in [0, 0.05) is 4.88 Å². The van der Waals surface area contributed by atoms with E-state index < -0.39 is 10.0 Å². The highest BCUT2D eigenvalue weighted by molar-refractivity contribution is 7.89. The van der Waals surface area contributed by atoms with Gasteiger partial charge in [-0.2, -0.15) is 9.52 Å². The summed E-state index contributed by atoms with van der Waals surface area (Å²) in [4.78, 5) is 2.10. The van der Waals surface area contributed by atoms with Gasteiger partial charge in [-0.25, -0.2) is 8.42 Å². The predicted octanol–water partition coefficient (Wildman–Crippen LogP) is 1.34. The van der Waals surface area contributed by atoms with Gasteiger partial charge in [0.25, 0.3) is 10.0 Å². The van der Waals surface area contributed by atoms with Crippen molar-refractivity contribution in [2.24, 2.45) is 13.0 Å². The van der Waals surface area contributed by atoms with Gasteiger partial charge in [-0.3, -0.25) is 0 Å². The molecule has 110 valence electrons. The summed E-state index contributed by atoms with van der Waals surface area (Å²) in [7, 11) is -2.23. The highest BCUT2D eigenvalue weighted by Crippen LogP contribution is 2.26. The lowest BCUT2D eigenvalue weighted by molar-refractivity contribution is 0.474. The van der Waals surface area contributed by atoms with Crippen LogP contribution >= 0.6 is 11.3 Å². The molecule has 0 aliphatic carbocycles. The third kappa shape index (κ3) is 3.62. The number of hydrogen-bond acceptors (Lipinski definition) is 6. The molecule has 1 unspecified atom stereocenters. The number of nitrogens with zero attached hydrogens (tertiary/aromatic N) is 4. The molecule has 0 radical (unpaired) electrons. The van der Waals surface area contributed by atoms with Crippen LogP contribution in [0.25, 0.3) is 0 Å². The number of thiophene rings is 1. The van der Waals surface area contributed by atoms with E-state index in [1.807, 2.05) is 17.5 Å². The van der Waals surface area contributed by atoms with Gasteiger partial charge < -0.3 is 0 Å². The Labute approximate surface area is 122 Å². The largest absolute Gasteiger partial charge is 0.303 e. The van der Waals surface area contributed by atoms with Gasteiger partial charge in [0.2, 0.25) is 0 Å². The highest BCUT2D eigenvalue weighted by Gasteiger charge is 2.26. The lowest BCUT2D eigenvalue weighted by Crippen LogP contribution is -2.30. The Morgan fingerprint density at radius 3 is 2.70 bits per heavy atom. The average molecular weight is 315 g/mol. The van der Waals surface area contributed by atoms with Crippen molar-refractivity contribution in [1.29, 1.82) is 0 Å².